The molecule has 0 spiro atoms. The molecule has 0 atom stereocenters. The Labute approximate surface area is 58.6 Å². The second-order valence-electron chi connectivity index (χ2n) is 0.408. The molecular formula is CH6AlNO4S+2. The third-order valence-electron chi connectivity index (χ3n) is 0. The fourth-order valence-corrected chi connectivity index (χ4v) is 0. The van der Waals surface area contributed by atoms with Gasteiger partial charge in [-0.15, -0.1) is 0 Å². The third-order valence-corrected chi connectivity index (χ3v) is 0. The van der Waals surface area contributed by atoms with Gasteiger partial charge in [-0.3, -0.25) is 8.42 Å². The summed E-state index contributed by atoms with van der Waals surface area (Å²) in [7, 11) is -3.42. The predicted molar refractivity (Wildman–Crippen MR) is 25.0 cm³/mol. The Morgan fingerprint density at radius 2 is 1.25 bits per heavy atom. The molecule has 0 fully saturated rings. The van der Waals surface area contributed by atoms with Crippen LogP contribution < -0.4 is 5.73 Å². The molecule has 0 aliphatic rings. The Morgan fingerprint density at radius 3 is 1.25 bits per heavy atom. The molecule has 0 amide bonds. The van der Waals surface area contributed by atoms with Crippen LogP contribution in [0.4, 0.5) is 0 Å². The van der Waals surface area contributed by atoms with E-state index in [0.717, 1.165) is 0 Å². The van der Waals surface area contributed by atoms with Crippen LogP contribution in [0, 0.1) is 0 Å². The summed E-state index contributed by atoms with van der Waals surface area (Å²) >= 11 is 0. The first kappa shape index (κ1) is 15.8. The molecule has 0 heterocycles. The molecule has 0 bridgehead atoms. The van der Waals surface area contributed by atoms with Crippen LogP contribution in [0.3, 0.4) is 0 Å². The molecule has 0 aliphatic carbocycles. The summed E-state index contributed by atoms with van der Waals surface area (Å²) in [6.07, 6.45) is 0. The monoisotopic (exact) mass is 155 g/mol. The Kier molecular flexibility index (Phi) is 14.5. The van der Waals surface area contributed by atoms with Crippen LogP contribution in [0.15, 0.2) is 0 Å². The fourth-order valence-electron chi connectivity index (χ4n) is 0. The molecule has 0 aromatic heterocycles. The van der Waals surface area contributed by atoms with E-state index in [-0.39, 0.29) is 17.4 Å². The normalized spacial score (nSPS) is 8.00. The van der Waals surface area contributed by atoms with Crippen molar-refractivity contribution in [3.8, 4) is 0 Å². The van der Waals surface area contributed by atoms with Gasteiger partial charge in [-0.1, -0.05) is 0 Å². The summed E-state index contributed by atoms with van der Waals surface area (Å²) in [5.74, 6) is 0. The van der Waals surface area contributed by atoms with Crippen molar-refractivity contribution >= 4 is 27.8 Å². The van der Waals surface area contributed by atoms with Gasteiger partial charge in [0.1, 0.15) is 0 Å². The van der Waals surface area contributed by atoms with E-state index in [2.05, 4.69) is 5.73 Å². The number of hydrogen-bond donors (Lipinski definition) is 1. The van der Waals surface area contributed by atoms with Gasteiger partial charge >= 0.3 is 17.4 Å². The molecule has 0 aliphatic heterocycles. The molecule has 3 N–H and O–H groups in total. The van der Waals surface area contributed by atoms with Gasteiger partial charge in [0.15, 0.2) is 0 Å². The van der Waals surface area contributed by atoms with Gasteiger partial charge in [0.2, 0.25) is 0 Å². The maximum Gasteiger partial charge on any atom is 3.00 e. The van der Waals surface area contributed by atoms with Crippen LogP contribution in [0.1, 0.15) is 0 Å². The van der Waals surface area contributed by atoms with Gasteiger partial charge in [0.05, 0.1) is 7.05 Å². The smallest absolute Gasteiger partial charge is 0.759 e. The Balaban J connectivity index is -0.0000000750. The van der Waals surface area contributed by atoms with Crippen LogP contribution in [0.2, 0.25) is 0 Å². The van der Waals surface area contributed by atoms with Crippen molar-refractivity contribution < 1.29 is 23.3 Å². The Bertz CT molecular complexity index is 99.2. The molecular weight excluding hydrogens is 149 g/mol. The van der Waals surface area contributed by atoms with E-state index in [1.165, 1.54) is 0 Å². The van der Waals surface area contributed by atoms with Crippen molar-refractivity contribution in [2.45, 2.75) is 0 Å². The van der Waals surface area contributed by atoms with Crippen molar-refractivity contribution in [1.29, 1.82) is 0 Å². The van der Waals surface area contributed by atoms with Gasteiger partial charge in [0.25, 0.3) is 0 Å². The molecule has 0 radical (unpaired) electrons. The van der Waals surface area contributed by atoms with Gasteiger partial charge < -0.3 is 14.8 Å². The van der Waals surface area contributed by atoms with E-state index in [1.807, 2.05) is 0 Å². The molecule has 5 nitrogen and oxygen atoms in total. The molecule has 7 heteroatoms. The van der Waals surface area contributed by atoms with Crippen molar-refractivity contribution in [2.24, 2.45) is 0 Å². The van der Waals surface area contributed by atoms with Gasteiger partial charge in [-0.2, -0.15) is 0 Å². The molecule has 8 heavy (non-hydrogen) atoms. The Morgan fingerprint density at radius 1 is 1.25 bits per heavy atom. The van der Waals surface area contributed by atoms with E-state index < -0.39 is 10.4 Å². The maximum atomic E-state index is 8.52. The van der Waals surface area contributed by atoms with E-state index in [1.54, 1.807) is 7.05 Å². The van der Waals surface area contributed by atoms with Gasteiger partial charge in [-0.05, 0) is 0 Å². The van der Waals surface area contributed by atoms with E-state index >= 15 is 0 Å². The molecule has 46 valence electrons. The van der Waals surface area contributed by atoms with Crippen LogP contribution in [0.5, 0.6) is 0 Å². The minimum absolute atomic E-state index is 0. The minimum Gasteiger partial charge on any atom is -0.759 e. The van der Waals surface area contributed by atoms with Crippen molar-refractivity contribution in [3.63, 3.8) is 0 Å². The van der Waals surface area contributed by atoms with E-state index in [0.29, 0.717) is 0 Å². The largest absolute Gasteiger partial charge is 3.00 e. The van der Waals surface area contributed by atoms with Crippen molar-refractivity contribution in [3.05, 3.63) is 0 Å². The number of quaternary nitrogens is 1. The van der Waals surface area contributed by atoms with Gasteiger partial charge in [-0.25, -0.2) is 0 Å². The number of rotatable bonds is 0. The zero-order valence-corrected chi connectivity index (χ0v) is 6.30. The first-order valence-corrected chi connectivity index (χ1v) is 2.71. The first-order chi connectivity index (χ1) is 3.00. The maximum absolute atomic E-state index is 8.52. The molecule has 0 aromatic rings. The van der Waals surface area contributed by atoms with Crippen LogP contribution in [-0.2, 0) is 10.4 Å². The molecule has 0 unspecified atom stereocenters. The zero-order valence-electron chi connectivity index (χ0n) is 4.33. The Hall–Kier alpha value is 0.362. The van der Waals surface area contributed by atoms with Crippen LogP contribution in [-0.4, -0.2) is 41.9 Å². The minimum atomic E-state index is -5.17. The third kappa shape index (κ3) is 1390. The average molecular weight is 155 g/mol. The van der Waals surface area contributed by atoms with Crippen LogP contribution >= 0.6 is 0 Å². The quantitative estimate of drug-likeness (QED) is 0.230. The van der Waals surface area contributed by atoms with E-state index in [9.17, 15) is 0 Å². The molecule has 0 saturated heterocycles. The summed E-state index contributed by atoms with van der Waals surface area (Å²) in [5, 5.41) is 0. The predicted octanol–water partition coefficient (Wildman–Crippen LogP) is -2.86. The summed E-state index contributed by atoms with van der Waals surface area (Å²) in [5.41, 5.74) is 3.25. The number of hydrogen-bond acceptors (Lipinski definition) is 4. The first-order valence-electron chi connectivity index (χ1n) is 1.37. The molecule has 0 saturated carbocycles. The fraction of sp³-hybridized carbons (Fsp3) is 1.00. The second-order valence-corrected chi connectivity index (χ2v) is 1.22. The zero-order chi connectivity index (χ0) is 6.50. The van der Waals surface area contributed by atoms with Crippen LogP contribution in [0.25, 0.3) is 0 Å². The molecule has 0 aromatic carbocycles. The summed E-state index contributed by atoms with van der Waals surface area (Å²) < 4.78 is 34.1. The SMILES string of the molecule is C[NH3+].O=S(=O)([O-])[O-].[Al+3]. The summed E-state index contributed by atoms with van der Waals surface area (Å²) in [6.45, 7) is 0. The van der Waals surface area contributed by atoms with Crippen molar-refractivity contribution in [2.75, 3.05) is 7.05 Å². The standard InChI is InChI=1S/CH5N.Al.H2O4S/c1-2;;1-5(2,3)4/h2H2,1H3;;(H2,1,2,3,4)/q;+3;/p-1. The average Bonchev–Trinajstić information content (AvgIpc) is 1.36. The van der Waals surface area contributed by atoms with Crippen molar-refractivity contribution in [1.82, 2.24) is 0 Å². The van der Waals surface area contributed by atoms with Gasteiger partial charge in [0, 0.05) is 10.4 Å². The summed E-state index contributed by atoms with van der Waals surface area (Å²) in [6, 6.07) is 0. The topological polar surface area (TPSA) is 108 Å². The summed E-state index contributed by atoms with van der Waals surface area (Å²) in [4.78, 5) is 0. The second kappa shape index (κ2) is 7.36. The van der Waals surface area contributed by atoms with E-state index in [4.69, 9.17) is 17.5 Å². The molecule has 0 rings (SSSR count).